The van der Waals surface area contributed by atoms with Crippen LogP contribution in [0.25, 0.3) is 0 Å². The maximum absolute atomic E-state index is 12.8. The summed E-state index contributed by atoms with van der Waals surface area (Å²) in [6.45, 7) is 4.80. The molecular weight excluding hydrogens is 360 g/mol. The van der Waals surface area contributed by atoms with Crippen LogP contribution in [0, 0.1) is 6.92 Å². The molecule has 4 rings (SSSR count). The maximum Gasteiger partial charge on any atom is 0.410 e. The average Bonchev–Trinajstić information content (AvgIpc) is 3.28. The van der Waals surface area contributed by atoms with Crippen LogP contribution < -0.4 is 5.32 Å². The van der Waals surface area contributed by atoms with Gasteiger partial charge in [0.05, 0.1) is 18.3 Å². The number of hydrogen-bond donors (Lipinski definition) is 1. The quantitative estimate of drug-likeness (QED) is 0.852. The van der Waals surface area contributed by atoms with E-state index < -0.39 is 5.60 Å². The van der Waals surface area contributed by atoms with Crippen molar-refractivity contribution in [3.05, 3.63) is 17.5 Å². The second-order valence-electron chi connectivity index (χ2n) is 7.27. The Morgan fingerprint density at radius 2 is 2.19 bits per heavy atom. The van der Waals surface area contributed by atoms with Gasteiger partial charge < -0.3 is 19.5 Å². The summed E-state index contributed by atoms with van der Waals surface area (Å²) in [4.78, 5) is 28.4. The predicted molar refractivity (Wildman–Crippen MR) is 95.1 cm³/mol. The number of nitrogens with zero attached hydrogens (tertiary/aromatic N) is 3. The van der Waals surface area contributed by atoms with Gasteiger partial charge >= 0.3 is 6.09 Å². The van der Waals surface area contributed by atoms with E-state index in [4.69, 9.17) is 9.26 Å². The van der Waals surface area contributed by atoms with Gasteiger partial charge in [-0.2, -0.15) is 0 Å². The van der Waals surface area contributed by atoms with Gasteiger partial charge in [0.2, 0.25) is 5.91 Å². The van der Waals surface area contributed by atoms with Gasteiger partial charge in [-0.15, -0.1) is 12.4 Å². The molecule has 1 N–H and O–H groups in total. The van der Waals surface area contributed by atoms with E-state index in [1.165, 1.54) is 0 Å². The van der Waals surface area contributed by atoms with Crippen molar-refractivity contribution in [1.82, 2.24) is 20.3 Å². The van der Waals surface area contributed by atoms with E-state index in [2.05, 4.69) is 10.5 Å². The van der Waals surface area contributed by atoms with Crippen molar-refractivity contribution >= 4 is 24.4 Å². The number of ether oxygens (including phenoxy) is 1. The molecule has 3 fully saturated rings. The number of carbonyl (C=O) groups is 2. The lowest BCUT2D eigenvalue weighted by molar-refractivity contribution is -0.133. The summed E-state index contributed by atoms with van der Waals surface area (Å²) in [5.74, 6) is 0.668. The fourth-order valence-corrected chi connectivity index (χ4v) is 4.11. The van der Waals surface area contributed by atoms with E-state index in [9.17, 15) is 9.59 Å². The van der Waals surface area contributed by atoms with E-state index in [-0.39, 0.29) is 37.0 Å². The normalized spacial score (nSPS) is 24.7. The molecule has 0 bridgehead atoms. The smallest absolute Gasteiger partial charge is 0.410 e. The Bertz CT molecular complexity index is 673. The summed E-state index contributed by atoms with van der Waals surface area (Å²) in [5, 5.41) is 7.20. The highest BCUT2D eigenvalue weighted by Gasteiger charge is 2.46. The highest BCUT2D eigenvalue weighted by molar-refractivity contribution is 5.85. The summed E-state index contributed by atoms with van der Waals surface area (Å²) in [5.41, 5.74) is 0.389. The van der Waals surface area contributed by atoms with Crippen LogP contribution in [-0.4, -0.2) is 65.3 Å². The van der Waals surface area contributed by atoms with Gasteiger partial charge in [-0.25, -0.2) is 4.79 Å². The van der Waals surface area contributed by atoms with Gasteiger partial charge in [0, 0.05) is 25.5 Å². The van der Waals surface area contributed by atoms with Gasteiger partial charge in [-0.1, -0.05) is 5.16 Å². The second-order valence-corrected chi connectivity index (χ2v) is 7.27. The molecule has 3 aliphatic heterocycles. The van der Waals surface area contributed by atoms with E-state index in [0.717, 1.165) is 50.2 Å². The molecule has 144 valence electrons. The van der Waals surface area contributed by atoms with Gasteiger partial charge in [0.25, 0.3) is 0 Å². The molecule has 26 heavy (non-hydrogen) atoms. The zero-order valence-corrected chi connectivity index (χ0v) is 15.7. The van der Waals surface area contributed by atoms with Crippen molar-refractivity contribution in [2.75, 3.05) is 32.7 Å². The van der Waals surface area contributed by atoms with Crippen molar-refractivity contribution in [1.29, 1.82) is 0 Å². The molecule has 3 saturated heterocycles. The Balaban J connectivity index is 0.00000196. The topological polar surface area (TPSA) is 87.9 Å². The Kier molecular flexibility index (Phi) is 5.43. The molecule has 1 atom stereocenters. The zero-order chi connectivity index (χ0) is 17.4. The number of halogens is 1. The maximum atomic E-state index is 12.8. The number of piperidine rings is 1. The number of carbonyl (C=O) groups excluding carboxylic acids is 2. The van der Waals surface area contributed by atoms with Crippen LogP contribution >= 0.6 is 12.4 Å². The average molecular weight is 385 g/mol. The minimum absolute atomic E-state index is 0. The Hall–Kier alpha value is -1.80. The summed E-state index contributed by atoms with van der Waals surface area (Å²) < 4.78 is 11.0. The Labute approximate surface area is 158 Å². The number of likely N-dealkylation sites (tertiary alicyclic amines) is 1. The molecule has 4 heterocycles. The lowest BCUT2D eigenvalue weighted by atomic mass is 9.92. The summed E-state index contributed by atoms with van der Waals surface area (Å²) in [6, 6.07) is 1.80. The first-order valence-electron chi connectivity index (χ1n) is 8.98. The summed E-state index contributed by atoms with van der Waals surface area (Å²) in [6.07, 6.45) is 3.01. The first-order chi connectivity index (χ1) is 12.1. The highest BCUT2D eigenvalue weighted by atomic mass is 35.5. The Morgan fingerprint density at radius 3 is 2.88 bits per heavy atom. The predicted octanol–water partition coefficient (Wildman–Crippen LogP) is 1.64. The lowest BCUT2D eigenvalue weighted by Gasteiger charge is -2.31. The van der Waals surface area contributed by atoms with Gasteiger partial charge in [0.15, 0.2) is 5.76 Å². The summed E-state index contributed by atoms with van der Waals surface area (Å²) >= 11 is 0. The van der Waals surface area contributed by atoms with Crippen LogP contribution in [0.5, 0.6) is 0 Å². The fourth-order valence-electron chi connectivity index (χ4n) is 4.11. The van der Waals surface area contributed by atoms with Crippen LogP contribution in [-0.2, 0) is 9.53 Å². The highest BCUT2D eigenvalue weighted by Crippen LogP contribution is 2.34. The molecule has 8 nitrogen and oxygen atoms in total. The van der Waals surface area contributed by atoms with E-state index in [1.807, 2.05) is 13.0 Å². The van der Waals surface area contributed by atoms with Crippen molar-refractivity contribution in [2.45, 2.75) is 44.2 Å². The van der Waals surface area contributed by atoms with Crippen LogP contribution in [0.3, 0.4) is 0 Å². The number of amides is 2. The number of aromatic nitrogens is 1. The third-order valence-electron chi connectivity index (χ3n) is 5.43. The lowest BCUT2D eigenvalue weighted by Crippen LogP contribution is -2.46. The van der Waals surface area contributed by atoms with Gasteiger partial charge in [-0.3, -0.25) is 9.69 Å². The zero-order valence-electron chi connectivity index (χ0n) is 14.9. The third kappa shape index (κ3) is 3.53. The minimum atomic E-state index is -0.422. The first-order valence-corrected chi connectivity index (χ1v) is 8.98. The van der Waals surface area contributed by atoms with Crippen LogP contribution in [0.2, 0.25) is 0 Å². The number of hydrogen-bond acceptors (Lipinski definition) is 6. The largest absolute Gasteiger partial charge is 0.441 e. The molecule has 1 aromatic heterocycles. The minimum Gasteiger partial charge on any atom is -0.441 e. The molecule has 1 spiro atoms. The van der Waals surface area contributed by atoms with Crippen LogP contribution in [0.1, 0.15) is 43.2 Å². The van der Waals surface area contributed by atoms with Crippen molar-refractivity contribution in [2.24, 2.45) is 0 Å². The van der Waals surface area contributed by atoms with Crippen molar-refractivity contribution in [3.8, 4) is 0 Å². The second kappa shape index (κ2) is 7.44. The monoisotopic (exact) mass is 384 g/mol. The summed E-state index contributed by atoms with van der Waals surface area (Å²) in [7, 11) is 0. The first kappa shape index (κ1) is 19.0. The number of rotatable bonds is 3. The number of aryl methyl sites for hydroxylation is 1. The van der Waals surface area contributed by atoms with Crippen molar-refractivity contribution in [3.63, 3.8) is 0 Å². The fraction of sp³-hybridized carbons (Fsp3) is 0.706. The number of nitrogens with one attached hydrogen (secondary N) is 1. The van der Waals surface area contributed by atoms with Crippen LogP contribution in [0.15, 0.2) is 10.6 Å². The van der Waals surface area contributed by atoms with E-state index >= 15 is 0 Å². The van der Waals surface area contributed by atoms with Gasteiger partial charge in [-0.05, 0) is 32.9 Å². The molecule has 0 aliphatic carbocycles. The SMILES string of the molecule is Cc1cc(C2CCCN2C(=O)CN2CC3(CCNCC3)OC2=O)on1.Cl. The third-order valence-corrected chi connectivity index (χ3v) is 5.43. The molecule has 0 radical (unpaired) electrons. The molecule has 0 aromatic carbocycles. The molecule has 2 amide bonds. The van der Waals surface area contributed by atoms with E-state index in [1.54, 1.807) is 9.80 Å². The molecule has 1 aromatic rings. The molecule has 9 heteroatoms. The molecule has 0 saturated carbocycles. The van der Waals surface area contributed by atoms with Crippen LogP contribution in [0.4, 0.5) is 4.79 Å². The van der Waals surface area contributed by atoms with Crippen molar-refractivity contribution < 1.29 is 18.8 Å². The van der Waals surface area contributed by atoms with E-state index in [0.29, 0.717) is 13.1 Å². The molecule has 1 unspecified atom stereocenters. The molecular formula is C17H25ClN4O4. The standard InChI is InChI=1S/C17H24N4O4.ClH/c1-12-9-14(25-19-12)13-3-2-8-21(13)15(22)10-20-11-17(24-16(20)23)4-6-18-7-5-17;/h9,13,18H,2-8,10-11H2,1H3;1H. The molecule has 3 aliphatic rings. The van der Waals surface area contributed by atoms with Gasteiger partial charge in [0.1, 0.15) is 12.1 Å². The Morgan fingerprint density at radius 1 is 1.42 bits per heavy atom.